The molecule has 5 heteroatoms. The smallest absolute Gasteiger partial charge is 0.228 e. The molecule has 1 heterocycles. The Bertz CT molecular complexity index is 544. The van der Waals surface area contributed by atoms with Gasteiger partial charge in [0.05, 0.1) is 26.7 Å². The van der Waals surface area contributed by atoms with Crippen molar-refractivity contribution in [3.8, 4) is 11.5 Å². The monoisotopic (exact) mass is 321 g/mol. The van der Waals surface area contributed by atoms with E-state index in [1.54, 1.807) is 14.2 Å². The largest absolute Gasteiger partial charge is 0.497 e. The summed E-state index contributed by atoms with van der Waals surface area (Å²) in [6.07, 6.45) is 0.797. The van der Waals surface area contributed by atoms with Crippen LogP contribution in [0.2, 0.25) is 0 Å². The Hall–Kier alpha value is -1.75. The molecule has 1 fully saturated rings. The Morgan fingerprint density at radius 3 is 2.57 bits per heavy atom. The molecule has 1 amide bonds. The summed E-state index contributed by atoms with van der Waals surface area (Å²) in [5.74, 6) is 1.57. The van der Waals surface area contributed by atoms with E-state index in [9.17, 15) is 4.79 Å². The van der Waals surface area contributed by atoms with Crippen molar-refractivity contribution in [2.45, 2.75) is 39.3 Å². The lowest BCUT2D eigenvalue weighted by atomic mass is 9.99. The Balaban J connectivity index is 2.26. The van der Waals surface area contributed by atoms with E-state index in [-0.39, 0.29) is 17.4 Å². The van der Waals surface area contributed by atoms with Gasteiger partial charge in [-0.15, -0.1) is 0 Å². The zero-order valence-corrected chi connectivity index (χ0v) is 14.7. The van der Waals surface area contributed by atoms with Gasteiger partial charge in [-0.2, -0.15) is 0 Å². The highest BCUT2D eigenvalue weighted by Crippen LogP contribution is 2.29. The first-order valence-electron chi connectivity index (χ1n) is 7.97. The van der Waals surface area contributed by atoms with Gasteiger partial charge in [-0.3, -0.25) is 4.79 Å². The van der Waals surface area contributed by atoms with Crippen LogP contribution in [0.15, 0.2) is 18.2 Å². The van der Waals surface area contributed by atoms with E-state index < -0.39 is 0 Å². The summed E-state index contributed by atoms with van der Waals surface area (Å²) in [6.45, 7) is 7.85. The predicted octanol–water partition coefficient (Wildman–Crippen LogP) is 2.87. The van der Waals surface area contributed by atoms with Gasteiger partial charge in [0.25, 0.3) is 0 Å². The van der Waals surface area contributed by atoms with Crippen molar-refractivity contribution in [2.75, 3.05) is 27.4 Å². The van der Waals surface area contributed by atoms with E-state index in [2.05, 4.69) is 20.8 Å². The van der Waals surface area contributed by atoms with Gasteiger partial charge >= 0.3 is 0 Å². The van der Waals surface area contributed by atoms with Gasteiger partial charge in [-0.05, 0) is 39.3 Å². The zero-order chi connectivity index (χ0) is 17.0. The lowest BCUT2D eigenvalue weighted by Gasteiger charge is -2.37. The molecule has 128 valence electrons. The summed E-state index contributed by atoms with van der Waals surface area (Å²) in [6, 6.07) is 5.69. The minimum Gasteiger partial charge on any atom is -0.497 e. The molecule has 2 rings (SSSR count). The van der Waals surface area contributed by atoms with E-state index in [4.69, 9.17) is 14.2 Å². The Labute approximate surface area is 138 Å². The number of amides is 1. The molecule has 23 heavy (non-hydrogen) atoms. The van der Waals surface area contributed by atoms with Crippen LogP contribution >= 0.6 is 0 Å². The third-order valence-corrected chi connectivity index (χ3v) is 4.18. The fourth-order valence-corrected chi connectivity index (χ4v) is 2.75. The summed E-state index contributed by atoms with van der Waals surface area (Å²) in [7, 11) is 3.26. The van der Waals surface area contributed by atoms with Gasteiger partial charge in [-0.1, -0.05) is 0 Å². The predicted molar refractivity (Wildman–Crippen MR) is 88.8 cm³/mol. The minimum atomic E-state index is -0.273. The van der Waals surface area contributed by atoms with Crippen molar-refractivity contribution in [1.82, 2.24) is 4.90 Å². The van der Waals surface area contributed by atoms with E-state index >= 15 is 0 Å². The maximum absolute atomic E-state index is 12.9. The number of hydrogen-bond donors (Lipinski definition) is 0. The molecule has 0 radical (unpaired) electrons. The molecule has 1 saturated heterocycles. The lowest BCUT2D eigenvalue weighted by Crippen LogP contribution is -2.47. The topological polar surface area (TPSA) is 48.0 Å². The molecule has 0 saturated carbocycles. The number of rotatable bonds is 5. The number of hydrogen-bond acceptors (Lipinski definition) is 4. The average Bonchev–Trinajstić information content (AvgIpc) is 3.05. The van der Waals surface area contributed by atoms with Gasteiger partial charge in [0.2, 0.25) is 5.91 Å². The third kappa shape index (κ3) is 4.16. The molecule has 0 aliphatic carbocycles. The average molecular weight is 321 g/mol. The van der Waals surface area contributed by atoms with Crippen molar-refractivity contribution < 1.29 is 19.0 Å². The first kappa shape index (κ1) is 17.6. The summed E-state index contributed by atoms with van der Waals surface area (Å²) < 4.78 is 16.1. The molecular formula is C18H27NO4. The highest BCUT2D eigenvalue weighted by atomic mass is 16.5. The minimum absolute atomic E-state index is 0.0431. The molecule has 0 N–H and O–H groups in total. The van der Waals surface area contributed by atoms with E-state index in [1.165, 1.54) is 0 Å². The van der Waals surface area contributed by atoms with Crippen LogP contribution in [0, 0.1) is 5.92 Å². The molecule has 1 aliphatic heterocycles. The molecule has 0 bridgehead atoms. The highest BCUT2D eigenvalue weighted by molar-refractivity contribution is 5.80. The van der Waals surface area contributed by atoms with Crippen molar-refractivity contribution in [1.29, 1.82) is 0 Å². The number of nitrogens with zero attached hydrogens (tertiary/aromatic N) is 1. The molecule has 0 unspecified atom stereocenters. The second-order valence-corrected chi connectivity index (χ2v) is 6.83. The van der Waals surface area contributed by atoms with Crippen LogP contribution in [-0.2, 0) is 16.1 Å². The first-order valence-corrected chi connectivity index (χ1v) is 7.97. The van der Waals surface area contributed by atoms with Crippen LogP contribution in [0.3, 0.4) is 0 Å². The SMILES string of the molecule is COc1ccc(CN(C(=O)[C@H]2CCOC2)C(C)(C)C)c(OC)c1. The molecule has 0 aromatic heterocycles. The van der Waals surface area contributed by atoms with Crippen LogP contribution < -0.4 is 9.47 Å². The van der Waals surface area contributed by atoms with Crippen molar-refractivity contribution in [3.05, 3.63) is 23.8 Å². The van der Waals surface area contributed by atoms with Crippen LogP contribution in [-0.4, -0.2) is 43.8 Å². The third-order valence-electron chi connectivity index (χ3n) is 4.18. The van der Waals surface area contributed by atoms with Crippen LogP contribution in [0.1, 0.15) is 32.8 Å². The molecular weight excluding hydrogens is 294 g/mol. The van der Waals surface area contributed by atoms with E-state index in [0.29, 0.717) is 19.8 Å². The van der Waals surface area contributed by atoms with Gasteiger partial charge in [0.1, 0.15) is 11.5 Å². The number of benzene rings is 1. The Morgan fingerprint density at radius 2 is 2.04 bits per heavy atom. The first-order chi connectivity index (χ1) is 10.9. The van der Waals surface area contributed by atoms with Crippen molar-refractivity contribution in [3.63, 3.8) is 0 Å². The Morgan fingerprint density at radius 1 is 1.30 bits per heavy atom. The van der Waals surface area contributed by atoms with Gasteiger partial charge in [-0.25, -0.2) is 0 Å². The number of methoxy groups -OCH3 is 2. The van der Waals surface area contributed by atoms with Crippen molar-refractivity contribution >= 4 is 5.91 Å². The summed E-state index contributed by atoms with van der Waals surface area (Å²) in [5, 5.41) is 0. The summed E-state index contributed by atoms with van der Waals surface area (Å²) in [5.41, 5.74) is 0.695. The summed E-state index contributed by atoms with van der Waals surface area (Å²) >= 11 is 0. The molecule has 1 atom stereocenters. The molecule has 5 nitrogen and oxygen atoms in total. The van der Waals surface area contributed by atoms with Crippen LogP contribution in [0.4, 0.5) is 0 Å². The maximum Gasteiger partial charge on any atom is 0.228 e. The Kier molecular flexibility index (Phi) is 5.52. The standard InChI is InChI=1S/C18H27NO4/c1-18(2,3)19(17(20)14-8-9-23-12-14)11-13-6-7-15(21-4)10-16(13)22-5/h6-7,10,14H,8-9,11-12H2,1-5H3/t14-/m0/s1. The highest BCUT2D eigenvalue weighted by Gasteiger charge is 2.34. The molecule has 1 aromatic carbocycles. The van der Waals surface area contributed by atoms with Crippen LogP contribution in [0.25, 0.3) is 0 Å². The second-order valence-electron chi connectivity index (χ2n) is 6.83. The fraction of sp³-hybridized carbons (Fsp3) is 0.611. The fourth-order valence-electron chi connectivity index (χ4n) is 2.75. The number of carbonyl (C=O) groups is 1. The molecule has 1 aliphatic rings. The van der Waals surface area contributed by atoms with Gasteiger partial charge in [0.15, 0.2) is 0 Å². The van der Waals surface area contributed by atoms with E-state index in [1.807, 2.05) is 23.1 Å². The zero-order valence-electron chi connectivity index (χ0n) is 14.7. The van der Waals surface area contributed by atoms with Gasteiger partial charge in [0, 0.05) is 30.3 Å². The summed E-state index contributed by atoms with van der Waals surface area (Å²) in [4.78, 5) is 14.8. The van der Waals surface area contributed by atoms with Gasteiger partial charge < -0.3 is 19.1 Å². The normalized spacial score (nSPS) is 17.9. The van der Waals surface area contributed by atoms with Crippen molar-refractivity contribution in [2.24, 2.45) is 5.92 Å². The van der Waals surface area contributed by atoms with Crippen LogP contribution in [0.5, 0.6) is 11.5 Å². The number of carbonyl (C=O) groups excluding carboxylic acids is 1. The maximum atomic E-state index is 12.9. The lowest BCUT2D eigenvalue weighted by molar-refractivity contribution is -0.141. The quantitative estimate of drug-likeness (QED) is 0.837. The second kappa shape index (κ2) is 7.21. The number of ether oxygens (including phenoxy) is 3. The van der Waals surface area contributed by atoms with E-state index in [0.717, 1.165) is 23.5 Å². The molecule has 1 aromatic rings. The molecule has 0 spiro atoms.